The number of rotatable bonds is 3. The Kier molecular flexibility index (Phi) is 3.61. The second-order valence-corrected chi connectivity index (χ2v) is 5.93. The van der Waals surface area contributed by atoms with Gasteiger partial charge in [-0.05, 0) is 23.8 Å². The van der Waals surface area contributed by atoms with E-state index >= 15 is 0 Å². The third kappa shape index (κ3) is 2.39. The first kappa shape index (κ1) is 15.0. The van der Waals surface area contributed by atoms with Crippen molar-refractivity contribution in [2.45, 2.75) is 19.0 Å². The Bertz CT molecular complexity index is 896. The van der Waals surface area contributed by atoms with Crippen molar-refractivity contribution >= 4 is 17.2 Å². The first-order valence-corrected chi connectivity index (χ1v) is 7.73. The van der Waals surface area contributed by atoms with Gasteiger partial charge in [0.25, 0.3) is 0 Å². The number of aromatic nitrogens is 1. The van der Waals surface area contributed by atoms with Crippen LogP contribution in [-0.4, -0.2) is 26.4 Å². The molecule has 2 heterocycles. The van der Waals surface area contributed by atoms with Gasteiger partial charge >= 0.3 is 0 Å². The van der Waals surface area contributed by atoms with Gasteiger partial charge in [0.1, 0.15) is 18.1 Å². The van der Waals surface area contributed by atoms with Gasteiger partial charge in [-0.3, -0.25) is 4.79 Å². The van der Waals surface area contributed by atoms with Crippen molar-refractivity contribution in [3.63, 3.8) is 0 Å². The lowest BCUT2D eigenvalue weighted by atomic mass is 10.1. The van der Waals surface area contributed by atoms with Gasteiger partial charge in [-0.1, -0.05) is 36.4 Å². The number of carbonyl (C=O) groups excluding carboxylic acids is 1. The Hall–Kier alpha value is -2.60. The first-order chi connectivity index (χ1) is 11.7. The zero-order valence-electron chi connectivity index (χ0n) is 12.8. The normalized spacial score (nSPS) is 20.2. The number of hydrogen-bond donors (Lipinski definition) is 2. The summed E-state index contributed by atoms with van der Waals surface area (Å²) >= 11 is 0. The Morgan fingerprint density at radius 1 is 1.00 bits per heavy atom. The van der Waals surface area contributed by atoms with Crippen molar-refractivity contribution < 1.29 is 15.0 Å². The van der Waals surface area contributed by atoms with Crippen LogP contribution in [0.3, 0.4) is 0 Å². The molecule has 0 bridgehead atoms. The molecule has 0 saturated carbocycles. The molecule has 1 aliphatic rings. The Labute approximate surface area is 138 Å². The molecule has 0 saturated heterocycles. The monoisotopic (exact) mass is 320 g/mol. The van der Waals surface area contributed by atoms with Crippen molar-refractivity contribution in [3.05, 3.63) is 77.0 Å². The van der Waals surface area contributed by atoms with E-state index in [2.05, 4.69) is 4.98 Å². The molecule has 0 amide bonds. The smallest absolute Gasteiger partial charge is 0.168 e. The van der Waals surface area contributed by atoms with Gasteiger partial charge < -0.3 is 10.2 Å². The molecule has 0 aliphatic carbocycles. The lowest BCUT2D eigenvalue weighted by Gasteiger charge is -2.24. The van der Waals surface area contributed by atoms with Crippen LogP contribution < -0.4 is 0 Å². The zero-order chi connectivity index (χ0) is 16.7. The molecule has 5 nitrogen and oxygen atoms in total. The standard InChI is InChI=1S/C19H16N2O3/c22-11-14-7-6-13-9-12(5-8-17(13)20-14)10-21-18(23)15-3-1-2-4-16(15)19(21)24/h1-9,11,18-19,23-24H,10H2. The average Bonchev–Trinajstić information content (AvgIpc) is 2.86. The quantitative estimate of drug-likeness (QED) is 0.726. The first-order valence-electron chi connectivity index (χ1n) is 7.73. The van der Waals surface area contributed by atoms with Gasteiger partial charge in [-0.2, -0.15) is 0 Å². The maximum absolute atomic E-state index is 10.8. The molecule has 120 valence electrons. The summed E-state index contributed by atoms with van der Waals surface area (Å²) < 4.78 is 0. The summed E-state index contributed by atoms with van der Waals surface area (Å²) in [6, 6.07) is 16.6. The Morgan fingerprint density at radius 3 is 2.38 bits per heavy atom. The average molecular weight is 320 g/mol. The van der Waals surface area contributed by atoms with E-state index in [-0.39, 0.29) is 0 Å². The number of fused-ring (bicyclic) bond motifs is 2. The highest BCUT2D eigenvalue weighted by atomic mass is 16.3. The van der Waals surface area contributed by atoms with Crippen molar-refractivity contribution in [2.24, 2.45) is 0 Å². The molecule has 2 N–H and O–H groups in total. The molecule has 4 rings (SSSR count). The minimum Gasteiger partial charge on any atom is -0.374 e. The van der Waals surface area contributed by atoms with Crippen LogP contribution in [0.5, 0.6) is 0 Å². The maximum Gasteiger partial charge on any atom is 0.168 e. The van der Waals surface area contributed by atoms with Gasteiger partial charge in [-0.25, -0.2) is 9.88 Å². The van der Waals surface area contributed by atoms with Crippen molar-refractivity contribution in [2.75, 3.05) is 0 Å². The maximum atomic E-state index is 10.8. The molecule has 0 spiro atoms. The van der Waals surface area contributed by atoms with Crippen LogP contribution in [0.1, 0.15) is 39.6 Å². The van der Waals surface area contributed by atoms with E-state index in [9.17, 15) is 15.0 Å². The molecule has 1 aromatic heterocycles. The molecular formula is C19H16N2O3. The van der Waals surface area contributed by atoms with E-state index in [0.29, 0.717) is 12.2 Å². The Balaban J connectivity index is 1.64. The minimum absolute atomic E-state index is 0.399. The fraction of sp³-hybridized carbons (Fsp3) is 0.158. The van der Waals surface area contributed by atoms with E-state index in [0.717, 1.165) is 33.9 Å². The Morgan fingerprint density at radius 2 is 1.71 bits per heavy atom. The molecule has 3 aromatic rings. The van der Waals surface area contributed by atoms with Crippen LogP contribution in [0.4, 0.5) is 0 Å². The third-order valence-corrected chi connectivity index (χ3v) is 4.44. The van der Waals surface area contributed by atoms with Gasteiger partial charge in [0.15, 0.2) is 6.29 Å². The second-order valence-electron chi connectivity index (χ2n) is 5.93. The van der Waals surface area contributed by atoms with Crippen LogP contribution in [0.15, 0.2) is 54.6 Å². The summed E-state index contributed by atoms with van der Waals surface area (Å²) in [5.41, 5.74) is 3.57. The molecular weight excluding hydrogens is 304 g/mol. The van der Waals surface area contributed by atoms with Crippen LogP contribution in [-0.2, 0) is 6.54 Å². The predicted octanol–water partition coefficient (Wildman–Crippen LogP) is 2.54. The van der Waals surface area contributed by atoms with Crippen LogP contribution >= 0.6 is 0 Å². The summed E-state index contributed by atoms with van der Waals surface area (Å²) in [6.07, 6.45) is -0.938. The SMILES string of the molecule is O=Cc1ccc2cc(CN3C(O)c4ccccc4C3O)ccc2n1. The lowest BCUT2D eigenvalue weighted by molar-refractivity contribution is -0.0901. The second kappa shape index (κ2) is 5.79. The van der Waals surface area contributed by atoms with E-state index in [4.69, 9.17) is 0 Å². The summed E-state index contributed by atoms with van der Waals surface area (Å²) in [5.74, 6) is 0. The fourth-order valence-corrected chi connectivity index (χ4v) is 3.21. The zero-order valence-corrected chi connectivity index (χ0v) is 12.8. The number of benzene rings is 2. The predicted molar refractivity (Wildman–Crippen MR) is 89.0 cm³/mol. The number of aliphatic hydroxyl groups excluding tert-OH is 2. The molecule has 0 fully saturated rings. The largest absolute Gasteiger partial charge is 0.374 e. The van der Waals surface area contributed by atoms with E-state index in [1.807, 2.05) is 48.5 Å². The summed E-state index contributed by atoms with van der Waals surface area (Å²) in [4.78, 5) is 16.7. The van der Waals surface area contributed by atoms with E-state index in [1.165, 1.54) is 0 Å². The van der Waals surface area contributed by atoms with E-state index < -0.39 is 12.5 Å². The molecule has 2 atom stereocenters. The number of carbonyl (C=O) groups is 1. The molecule has 2 unspecified atom stereocenters. The summed E-state index contributed by atoms with van der Waals surface area (Å²) in [6.45, 7) is 0.405. The van der Waals surface area contributed by atoms with Crippen LogP contribution in [0.25, 0.3) is 10.9 Å². The summed E-state index contributed by atoms with van der Waals surface area (Å²) in [7, 11) is 0. The highest BCUT2D eigenvalue weighted by Gasteiger charge is 2.35. The fourth-order valence-electron chi connectivity index (χ4n) is 3.21. The van der Waals surface area contributed by atoms with Crippen molar-refractivity contribution in [1.82, 2.24) is 9.88 Å². The molecule has 5 heteroatoms. The topological polar surface area (TPSA) is 73.7 Å². The number of hydrogen-bond acceptors (Lipinski definition) is 5. The molecule has 24 heavy (non-hydrogen) atoms. The van der Waals surface area contributed by atoms with Crippen molar-refractivity contribution in [3.8, 4) is 0 Å². The van der Waals surface area contributed by atoms with Crippen LogP contribution in [0, 0.1) is 0 Å². The third-order valence-electron chi connectivity index (χ3n) is 4.44. The van der Waals surface area contributed by atoms with Crippen LogP contribution in [0.2, 0.25) is 0 Å². The van der Waals surface area contributed by atoms with Gasteiger partial charge in [0.05, 0.1) is 5.52 Å². The number of nitrogens with zero attached hydrogens (tertiary/aromatic N) is 2. The minimum atomic E-state index is -0.831. The molecule has 2 aromatic carbocycles. The highest BCUT2D eigenvalue weighted by Crippen LogP contribution is 2.39. The molecule has 0 radical (unpaired) electrons. The van der Waals surface area contributed by atoms with Crippen molar-refractivity contribution in [1.29, 1.82) is 0 Å². The number of aliphatic hydroxyl groups is 2. The highest BCUT2D eigenvalue weighted by molar-refractivity contribution is 5.83. The van der Waals surface area contributed by atoms with Gasteiger partial charge in [0.2, 0.25) is 0 Å². The number of pyridine rings is 1. The van der Waals surface area contributed by atoms with E-state index in [1.54, 1.807) is 11.0 Å². The molecule has 1 aliphatic heterocycles. The summed E-state index contributed by atoms with van der Waals surface area (Å²) in [5, 5.41) is 21.9. The van der Waals surface area contributed by atoms with Gasteiger partial charge in [0, 0.05) is 23.1 Å². The lowest BCUT2D eigenvalue weighted by Crippen LogP contribution is -2.25. The number of aldehydes is 1. The van der Waals surface area contributed by atoms with Gasteiger partial charge in [-0.15, -0.1) is 0 Å².